The lowest BCUT2D eigenvalue weighted by atomic mass is 10.3. The zero-order valence-corrected chi connectivity index (χ0v) is 10.0. The summed E-state index contributed by atoms with van der Waals surface area (Å²) in [4.78, 5) is 4.53. The molecule has 2 heterocycles. The molecule has 1 atom stereocenters. The van der Waals surface area contributed by atoms with Gasteiger partial charge in [-0.1, -0.05) is 6.07 Å². The molecule has 1 aromatic carbocycles. The highest BCUT2D eigenvalue weighted by atomic mass is 32.1. The van der Waals surface area contributed by atoms with Crippen LogP contribution in [0.2, 0.25) is 0 Å². The Balaban J connectivity index is 1.95. The van der Waals surface area contributed by atoms with Crippen LogP contribution in [0.15, 0.2) is 18.2 Å². The number of rotatable bonds is 2. The molecule has 0 aliphatic carbocycles. The highest BCUT2D eigenvalue weighted by molar-refractivity contribution is 7.18. The van der Waals surface area contributed by atoms with Gasteiger partial charge in [-0.05, 0) is 32.0 Å². The van der Waals surface area contributed by atoms with Crippen LogP contribution in [0, 0.1) is 6.92 Å². The van der Waals surface area contributed by atoms with Gasteiger partial charge in [0.1, 0.15) is 17.4 Å². The summed E-state index contributed by atoms with van der Waals surface area (Å²) in [6.45, 7) is 4.03. The number of para-hydroxylation sites is 1. The van der Waals surface area contributed by atoms with Crippen molar-refractivity contribution in [2.75, 3.05) is 13.1 Å². The molecule has 16 heavy (non-hydrogen) atoms. The molecular formula is C12H14N2OS. The third-order valence-electron chi connectivity index (χ3n) is 2.80. The van der Waals surface area contributed by atoms with E-state index in [1.807, 2.05) is 19.1 Å². The van der Waals surface area contributed by atoms with E-state index in [4.69, 9.17) is 4.74 Å². The molecule has 0 amide bonds. The number of ether oxygens (including phenoxy) is 1. The van der Waals surface area contributed by atoms with Crippen molar-refractivity contribution in [3.05, 3.63) is 23.2 Å². The van der Waals surface area contributed by atoms with Gasteiger partial charge in [-0.15, -0.1) is 11.3 Å². The largest absolute Gasteiger partial charge is 0.487 e. The summed E-state index contributed by atoms with van der Waals surface area (Å²) < 4.78 is 7.19. The van der Waals surface area contributed by atoms with Gasteiger partial charge in [-0.25, -0.2) is 4.98 Å². The molecule has 0 bridgehead atoms. The summed E-state index contributed by atoms with van der Waals surface area (Å²) >= 11 is 1.72. The predicted octanol–water partition coefficient (Wildman–Crippen LogP) is 2.35. The molecule has 1 unspecified atom stereocenters. The van der Waals surface area contributed by atoms with Crippen LogP contribution < -0.4 is 10.1 Å². The first-order valence-corrected chi connectivity index (χ1v) is 6.38. The molecule has 2 aromatic rings. The van der Waals surface area contributed by atoms with Crippen LogP contribution in [0.3, 0.4) is 0 Å². The Kier molecular flexibility index (Phi) is 2.53. The van der Waals surface area contributed by atoms with Gasteiger partial charge in [0.05, 0.1) is 9.71 Å². The van der Waals surface area contributed by atoms with Gasteiger partial charge >= 0.3 is 0 Å². The van der Waals surface area contributed by atoms with Crippen LogP contribution in [-0.4, -0.2) is 24.2 Å². The molecule has 1 aromatic heterocycles. The molecule has 4 heteroatoms. The van der Waals surface area contributed by atoms with Crippen LogP contribution >= 0.6 is 11.3 Å². The fraction of sp³-hybridized carbons (Fsp3) is 0.417. The van der Waals surface area contributed by atoms with Crippen molar-refractivity contribution in [3.8, 4) is 5.75 Å². The second-order valence-electron chi connectivity index (χ2n) is 4.07. The van der Waals surface area contributed by atoms with Crippen molar-refractivity contribution < 1.29 is 4.74 Å². The molecule has 0 spiro atoms. The van der Waals surface area contributed by atoms with Crippen molar-refractivity contribution >= 4 is 21.6 Å². The average Bonchev–Trinajstić information content (AvgIpc) is 2.86. The minimum absolute atomic E-state index is 0.299. The summed E-state index contributed by atoms with van der Waals surface area (Å²) in [7, 11) is 0. The van der Waals surface area contributed by atoms with E-state index in [-0.39, 0.29) is 0 Å². The summed E-state index contributed by atoms with van der Waals surface area (Å²) in [6, 6.07) is 6.15. The molecule has 3 rings (SSSR count). The van der Waals surface area contributed by atoms with Crippen molar-refractivity contribution in [1.82, 2.24) is 10.3 Å². The number of aromatic nitrogens is 1. The first-order valence-electron chi connectivity index (χ1n) is 5.56. The quantitative estimate of drug-likeness (QED) is 0.866. The maximum absolute atomic E-state index is 5.98. The van der Waals surface area contributed by atoms with E-state index in [9.17, 15) is 0 Å². The number of thiazole rings is 1. The molecule has 84 valence electrons. The van der Waals surface area contributed by atoms with E-state index >= 15 is 0 Å². The molecule has 0 radical (unpaired) electrons. The fourth-order valence-corrected chi connectivity index (χ4v) is 2.88. The smallest absolute Gasteiger partial charge is 0.146 e. The monoisotopic (exact) mass is 234 g/mol. The zero-order chi connectivity index (χ0) is 11.0. The molecule has 3 nitrogen and oxygen atoms in total. The van der Waals surface area contributed by atoms with Gasteiger partial charge in [0.2, 0.25) is 0 Å². The van der Waals surface area contributed by atoms with Crippen molar-refractivity contribution in [2.45, 2.75) is 19.4 Å². The lowest BCUT2D eigenvalue weighted by Gasteiger charge is -2.12. The molecular weight excluding hydrogens is 220 g/mol. The molecule has 1 saturated heterocycles. The Morgan fingerprint density at radius 3 is 3.25 bits per heavy atom. The lowest BCUT2D eigenvalue weighted by Crippen LogP contribution is -2.19. The highest BCUT2D eigenvalue weighted by Crippen LogP contribution is 2.30. The number of hydrogen-bond acceptors (Lipinski definition) is 4. The maximum atomic E-state index is 5.98. The number of benzene rings is 1. The van der Waals surface area contributed by atoms with Gasteiger partial charge in [-0.2, -0.15) is 0 Å². The Morgan fingerprint density at radius 1 is 1.50 bits per heavy atom. The second-order valence-corrected chi connectivity index (χ2v) is 5.30. The minimum Gasteiger partial charge on any atom is -0.487 e. The summed E-state index contributed by atoms with van der Waals surface area (Å²) in [5.74, 6) is 0.926. The van der Waals surface area contributed by atoms with Gasteiger partial charge in [-0.3, -0.25) is 0 Å². The van der Waals surface area contributed by atoms with Gasteiger partial charge in [0.25, 0.3) is 0 Å². The zero-order valence-electron chi connectivity index (χ0n) is 9.19. The number of nitrogens with one attached hydrogen (secondary N) is 1. The third kappa shape index (κ3) is 1.79. The fourth-order valence-electron chi connectivity index (χ4n) is 2.04. The van der Waals surface area contributed by atoms with E-state index in [2.05, 4.69) is 16.4 Å². The van der Waals surface area contributed by atoms with E-state index in [1.54, 1.807) is 11.3 Å². The van der Waals surface area contributed by atoms with Crippen LogP contribution in [-0.2, 0) is 0 Å². The highest BCUT2D eigenvalue weighted by Gasteiger charge is 2.17. The Labute approximate surface area is 98.5 Å². The number of fused-ring (bicyclic) bond motifs is 1. The first-order chi connectivity index (χ1) is 7.83. The van der Waals surface area contributed by atoms with Crippen LogP contribution in [0.1, 0.15) is 11.4 Å². The van der Waals surface area contributed by atoms with Crippen LogP contribution in [0.25, 0.3) is 10.2 Å². The maximum Gasteiger partial charge on any atom is 0.146 e. The number of hydrogen-bond donors (Lipinski definition) is 1. The predicted molar refractivity (Wildman–Crippen MR) is 66.3 cm³/mol. The Morgan fingerprint density at radius 2 is 2.44 bits per heavy atom. The number of nitrogens with zero attached hydrogens (tertiary/aromatic N) is 1. The van der Waals surface area contributed by atoms with Gasteiger partial charge < -0.3 is 10.1 Å². The topological polar surface area (TPSA) is 34.1 Å². The van der Waals surface area contributed by atoms with E-state index in [0.717, 1.165) is 35.8 Å². The SMILES string of the molecule is Cc1nc2c(OC3CCNC3)cccc2s1. The third-order valence-corrected chi connectivity index (χ3v) is 3.73. The van der Waals surface area contributed by atoms with E-state index < -0.39 is 0 Å². The van der Waals surface area contributed by atoms with E-state index in [1.165, 1.54) is 4.70 Å². The van der Waals surface area contributed by atoms with Gasteiger partial charge in [0.15, 0.2) is 0 Å². The summed E-state index contributed by atoms with van der Waals surface area (Å²) in [6.07, 6.45) is 1.38. The van der Waals surface area contributed by atoms with Crippen LogP contribution in [0.4, 0.5) is 0 Å². The van der Waals surface area contributed by atoms with E-state index in [0.29, 0.717) is 6.10 Å². The first kappa shape index (κ1) is 10.1. The standard InChI is InChI=1S/C12H14N2OS/c1-8-14-12-10(3-2-4-11(12)16-8)15-9-5-6-13-7-9/h2-4,9,13H,5-7H2,1H3. The summed E-state index contributed by atoms with van der Waals surface area (Å²) in [5.41, 5.74) is 1.01. The van der Waals surface area contributed by atoms with Crippen molar-refractivity contribution in [1.29, 1.82) is 0 Å². The van der Waals surface area contributed by atoms with Crippen LogP contribution in [0.5, 0.6) is 5.75 Å². The average molecular weight is 234 g/mol. The molecule has 0 saturated carbocycles. The molecule has 1 aliphatic heterocycles. The second kappa shape index (κ2) is 4.03. The normalized spacial score (nSPS) is 20.4. The van der Waals surface area contributed by atoms with Gasteiger partial charge in [0, 0.05) is 6.54 Å². The molecule has 1 fully saturated rings. The van der Waals surface area contributed by atoms with Crippen molar-refractivity contribution in [3.63, 3.8) is 0 Å². The summed E-state index contributed by atoms with van der Waals surface area (Å²) in [5, 5.41) is 4.40. The Bertz CT molecular complexity index is 503. The molecule has 1 N–H and O–H groups in total. The lowest BCUT2D eigenvalue weighted by molar-refractivity contribution is 0.225. The molecule has 1 aliphatic rings. The minimum atomic E-state index is 0.299. The number of aryl methyl sites for hydroxylation is 1. The van der Waals surface area contributed by atoms with Crippen molar-refractivity contribution in [2.24, 2.45) is 0 Å². The Hall–Kier alpha value is -1.13.